The second-order valence-corrected chi connectivity index (χ2v) is 5.08. The maximum Gasteiger partial charge on any atom is 0.261 e. The number of ketones is 1. The molecule has 1 aliphatic heterocycles. The second kappa shape index (κ2) is 4.72. The molecule has 0 N–H and O–H groups in total. The van der Waals surface area contributed by atoms with Gasteiger partial charge in [0.15, 0.2) is 0 Å². The number of fused-ring (bicyclic) bond motifs is 1. The number of benzene rings is 1. The van der Waals surface area contributed by atoms with Gasteiger partial charge in [-0.2, -0.15) is 0 Å². The van der Waals surface area contributed by atoms with Crippen LogP contribution in [0.25, 0.3) is 0 Å². The largest absolute Gasteiger partial charge is 0.300 e. The topological polar surface area (TPSA) is 50.3 Å². The number of nitrogens with zero attached hydrogens (tertiary/aromatic N) is 2. The first-order valence-electron chi connectivity index (χ1n) is 6.14. The zero-order valence-electron chi connectivity index (χ0n) is 10.8. The number of amides is 1. The minimum Gasteiger partial charge on any atom is -0.300 e. The van der Waals surface area contributed by atoms with Gasteiger partial charge in [-0.15, -0.1) is 0 Å². The average molecular weight is 287 g/mol. The molecule has 5 heteroatoms. The summed E-state index contributed by atoms with van der Waals surface area (Å²) in [7, 11) is 0. The third-order valence-corrected chi connectivity index (χ3v) is 3.55. The van der Waals surface area contributed by atoms with Crippen molar-refractivity contribution in [2.24, 2.45) is 0 Å². The summed E-state index contributed by atoms with van der Waals surface area (Å²) in [4.78, 5) is 30.1. The highest BCUT2D eigenvalue weighted by Gasteiger charge is 2.32. The summed E-state index contributed by atoms with van der Waals surface area (Å²) in [6.07, 6.45) is 1.52. The summed E-state index contributed by atoms with van der Waals surface area (Å²) in [5.74, 6) is -0.391. The first-order valence-corrected chi connectivity index (χ1v) is 6.52. The lowest BCUT2D eigenvalue weighted by Gasteiger charge is -2.28. The average Bonchev–Trinajstić information content (AvgIpc) is 2.46. The number of carbonyl (C=O) groups excluding carboxylic acids is 2. The van der Waals surface area contributed by atoms with E-state index in [1.54, 1.807) is 24.3 Å². The highest BCUT2D eigenvalue weighted by atomic mass is 35.5. The minimum absolute atomic E-state index is 0.00989. The maximum absolute atomic E-state index is 12.5. The monoisotopic (exact) mass is 286 g/mol. The number of pyridine rings is 1. The van der Waals surface area contributed by atoms with Gasteiger partial charge in [0, 0.05) is 16.9 Å². The normalized spacial score (nSPS) is 14.4. The molecule has 0 aliphatic carbocycles. The van der Waals surface area contributed by atoms with Crippen molar-refractivity contribution in [3.05, 3.63) is 58.4 Å². The molecule has 1 amide bonds. The summed E-state index contributed by atoms with van der Waals surface area (Å²) in [6, 6.07) is 8.55. The first-order chi connectivity index (χ1) is 9.58. The number of halogens is 1. The number of anilines is 1. The third-order valence-electron chi connectivity index (χ3n) is 3.31. The van der Waals surface area contributed by atoms with Gasteiger partial charge in [0.25, 0.3) is 5.91 Å². The molecule has 0 bridgehead atoms. The van der Waals surface area contributed by atoms with Crippen LogP contribution in [0.2, 0.25) is 5.02 Å². The van der Waals surface area contributed by atoms with E-state index in [-0.39, 0.29) is 23.9 Å². The first kappa shape index (κ1) is 12.8. The number of Topliss-reactive ketones (excluding diaryl/α,β-unsaturated/α-hetero) is 1. The van der Waals surface area contributed by atoms with Gasteiger partial charge in [-0.3, -0.25) is 14.6 Å². The van der Waals surface area contributed by atoms with E-state index in [1.807, 2.05) is 13.0 Å². The van der Waals surface area contributed by atoms with Crippen molar-refractivity contribution in [2.45, 2.75) is 6.92 Å². The number of aromatic nitrogens is 1. The van der Waals surface area contributed by atoms with Gasteiger partial charge in [-0.25, -0.2) is 0 Å². The number of carbonyl (C=O) groups is 2. The molecule has 2 heterocycles. The summed E-state index contributed by atoms with van der Waals surface area (Å²) in [5.41, 5.74) is 2.13. The maximum atomic E-state index is 12.5. The molecule has 1 aromatic carbocycles. The Labute approximate surface area is 121 Å². The van der Waals surface area contributed by atoms with E-state index >= 15 is 0 Å². The van der Waals surface area contributed by atoms with Crippen LogP contribution >= 0.6 is 11.6 Å². The van der Waals surface area contributed by atoms with Gasteiger partial charge in [0.1, 0.15) is 5.69 Å². The van der Waals surface area contributed by atoms with Gasteiger partial charge in [-0.1, -0.05) is 17.7 Å². The molecule has 0 unspecified atom stereocenters. The predicted octanol–water partition coefficient (Wildman–Crippen LogP) is 2.89. The molecule has 0 atom stereocenters. The molecule has 0 saturated carbocycles. The fourth-order valence-corrected chi connectivity index (χ4v) is 2.47. The SMILES string of the molecule is Cc1ccc(Cl)cc1N1CC(=O)c2ncccc2C1=O. The van der Waals surface area contributed by atoms with Crippen LogP contribution in [0.1, 0.15) is 26.4 Å². The number of aryl methyl sites for hydroxylation is 1. The van der Waals surface area contributed by atoms with Crippen LogP contribution in [0, 0.1) is 6.92 Å². The molecule has 20 heavy (non-hydrogen) atoms. The van der Waals surface area contributed by atoms with E-state index in [9.17, 15) is 9.59 Å². The number of hydrogen-bond donors (Lipinski definition) is 0. The van der Waals surface area contributed by atoms with E-state index in [0.29, 0.717) is 16.3 Å². The zero-order chi connectivity index (χ0) is 14.3. The minimum atomic E-state index is -0.224. The fourth-order valence-electron chi connectivity index (χ4n) is 2.30. The summed E-state index contributed by atoms with van der Waals surface area (Å²) >= 11 is 5.99. The van der Waals surface area contributed by atoms with Crippen molar-refractivity contribution in [3.63, 3.8) is 0 Å². The standard InChI is InChI=1S/C15H11ClN2O2/c1-9-4-5-10(16)7-12(9)18-8-13(19)14-11(15(18)20)3-2-6-17-14/h2-7H,8H2,1H3. The van der Waals surface area contributed by atoms with E-state index in [4.69, 9.17) is 11.6 Å². The molecular formula is C15H11ClN2O2. The van der Waals surface area contributed by atoms with Crippen molar-refractivity contribution in [2.75, 3.05) is 11.4 Å². The molecule has 3 rings (SSSR count). The smallest absolute Gasteiger partial charge is 0.261 e. The van der Waals surface area contributed by atoms with Crippen molar-refractivity contribution >= 4 is 29.0 Å². The lowest BCUT2D eigenvalue weighted by atomic mass is 10.0. The summed E-state index contributed by atoms with van der Waals surface area (Å²) in [6.45, 7) is 1.87. The lowest BCUT2D eigenvalue weighted by Crippen LogP contribution is -2.42. The van der Waals surface area contributed by atoms with Gasteiger partial charge in [-0.05, 0) is 36.8 Å². The van der Waals surface area contributed by atoms with Crippen LogP contribution in [0.4, 0.5) is 5.69 Å². The molecule has 4 nitrogen and oxygen atoms in total. The van der Waals surface area contributed by atoms with Crippen molar-refractivity contribution in [3.8, 4) is 0 Å². The predicted molar refractivity (Wildman–Crippen MR) is 76.4 cm³/mol. The molecule has 1 aliphatic rings. The Hall–Kier alpha value is -2.20. The van der Waals surface area contributed by atoms with Gasteiger partial charge < -0.3 is 4.90 Å². The van der Waals surface area contributed by atoms with Crippen LogP contribution in [-0.4, -0.2) is 23.2 Å². The Morgan fingerprint density at radius 2 is 2.05 bits per heavy atom. The molecule has 2 aromatic rings. The zero-order valence-corrected chi connectivity index (χ0v) is 11.5. The number of hydrogen-bond acceptors (Lipinski definition) is 3. The highest BCUT2D eigenvalue weighted by molar-refractivity contribution is 6.31. The molecule has 1 aromatic heterocycles. The Kier molecular flexibility index (Phi) is 3.03. The van der Waals surface area contributed by atoms with Crippen LogP contribution in [0.15, 0.2) is 36.5 Å². The quantitative estimate of drug-likeness (QED) is 0.810. The van der Waals surface area contributed by atoms with Crippen LogP contribution in [0.3, 0.4) is 0 Å². The number of rotatable bonds is 1. The Morgan fingerprint density at radius 3 is 2.85 bits per heavy atom. The Morgan fingerprint density at radius 1 is 1.25 bits per heavy atom. The summed E-state index contributed by atoms with van der Waals surface area (Å²) in [5, 5.41) is 0.530. The molecule has 0 spiro atoms. The summed E-state index contributed by atoms with van der Waals surface area (Å²) < 4.78 is 0. The van der Waals surface area contributed by atoms with Crippen LogP contribution < -0.4 is 4.90 Å². The molecule has 0 fully saturated rings. The van der Waals surface area contributed by atoms with E-state index in [0.717, 1.165) is 5.56 Å². The van der Waals surface area contributed by atoms with Crippen molar-refractivity contribution < 1.29 is 9.59 Å². The molecule has 0 saturated heterocycles. The fraction of sp³-hybridized carbons (Fsp3) is 0.133. The van der Waals surface area contributed by atoms with E-state index in [2.05, 4.69) is 4.98 Å². The molecule has 0 radical (unpaired) electrons. The van der Waals surface area contributed by atoms with Gasteiger partial charge >= 0.3 is 0 Å². The Balaban J connectivity index is 2.12. The van der Waals surface area contributed by atoms with Crippen molar-refractivity contribution in [1.29, 1.82) is 0 Å². The highest BCUT2D eigenvalue weighted by Crippen LogP contribution is 2.28. The van der Waals surface area contributed by atoms with Crippen molar-refractivity contribution in [1.82, 2.24) is 4.98 Å². The second-order valence-electron chi connectivity index (χ2n) is 4.64. The van der Waals surface area contributed by atoms with E-state index in [1.165, 1.54) is 11.1 Å². The van der Waals surface area contributed by atoms with Crippen LogP contribution in [0.5, 0.6) is 0 Å². The van der Waals surface area contributed by atoms with Gasteiger partial charge in [0.2, 0.25) is 5.78 Å². The van der Waals surface area contributed by atoms with Crippen LogP contribution in [-0.2, 0) is 0 Å². The van der Waals surface area contributed by atoms with E-state index < -0.39 is 0 Å². The third kappa shape index (κ3) is 1.98. The Bertz CT molecular complexity index is 728. The molecule has 100 valence electrons. The lowest BCUT2D eigenvalue weighted by molar-refractivity contribution is 0.0906. The van der Waals surface area contributed by atoms with Gasteiger partial charge in [0.05, 0.1) is 12.1 Å². The molecular weight excluding hydrogens is 276 g/mol.